The Labute approximate surface area is 210 Å². The zero-order valence-corrected chi connectivity index (χ0v) is 21.5. The molecule has 2 amide bonds. The van der Waals surface area contributed by atoms with Crippen molar-refractivity contribution in [1.82, 2.24) is 0 Å². The van der Waals surface area contributed by atoms with E-state index >= 15 is 0 Å². The van der Waals surface area contributed by atoms with Crippen LogP contribution in [0, 0.1) is 13.8 Å². The van der Waals surface area contributed by atoms with Gasteiger partial charge in [0.2, 0.25) is 0 Å². The summed E-state index contributed by atoms with van der Waals surface area (Å²) in [6.07, 6.45) is 0. The number of esters is 1. The molecule has 1 aromatic heterocycles. The van der Waals surface area contributed by atoms with Crippen LogP contribution in [0.2, 0.25) is 0 Å². The third-order valence-corrected chi connectivity index (χ3v) is 6.94. The van der Waals surface area contributed by atoms with Crippen molar-refractivity contribution in [2.75, 3.05) is 30.8 Å². The van der Waals surface area contributed by atoms with Crippen LogP contribution in [0.3, 0.4) is 0 Å². The lowest BCUT2D eigenvalue weighted by molar-refractivity contribution is -0.885. The van der Waals surface area contributed by atoms with Crippen LogP contribution in [0.4, 0.5) is 10.7 Å². The van der Waals surface area contributed by atoms with Crippen molar-refractivity contribution < 1.29 is 24.0 Å². The minimum absolute atomic E-state index is 0.118. The Morgan fingerprint density at radius 3 is 2.29 bits per heavy atom. The molecule has 0 aliphatic heterocycles. The fourth-order valence-electron chi connectivity index (χ4n) is 3.63. The van der Waals surface area contributed by atoms with E-state index in [4.69, 9.17) is 4.74 Å². The zero-order chi connectivity index (χ0) is 25.5. The van der Waals surface area contributed by atoms with Gasteiger partial charge in [0.15, 0.2) is 12.6 Å². The van der Waals surface area contributed by atoms with Gasteiger partial charge in [-0.2, -0.15) is 0 Å². The number of likely N-dealkylation sites (N-methyl/N-ethyl adjacent to an activating group) is 1. The number of nitrogens with one attached hydrogen (secondary N) is 3. The molecule has 0 aliphatic carbocycles. The number of rotatable bonds is 9. The monoisotopic (exact) mass is 494 g/mol. The third kappa shape index (κ3) is 6.55. The SMILES string of the molecule is CCOC(=O)c1cc(-c2ccccc2)sc1NC(=O)[C@@H](C)[NH+](C)CC(=O)Nc1c(C)cccc1C. The summed E-state index contributed by atoms with van der Waals surface area (Å²) in [7, 11) is 1.80. The molecule has 8 heteroatoms. The standard InChI is InChI=1S/C27H31N3O4S/c1-6-34-27(33)21-15-22(20-13-8-7-9-14-20)35-26(21)29-25(32)19(4)30(5)16-23(31)28-24-17(2)11-10-12-18(24)3/h7-15,19H,6,16H2,1-5H3,(H,28,31)(H,29,32)/p+1/t19-/m1/s1. The lowest BCUT2D eigenvalue weighted by atomic mass is 10.1. The van der Waals surface area contributed by atoms with Gasteiger partial charge in [-0.3, -0.25) is 9.59 Å². The number of anilines is 2. The second-order valence-corrected chi connectivity index (χ2v) is 9.54. The second-order valence-electron chi connectivity index (χ2n) is 8.49. The van der Waals surface area contributed by atoms with Gasteiger partial charge in [0.05, 0.1) is 19.2 Å². The zero-order valence-electron chi connectivity index (χ0n) is 20.7. The molecule has 1 unspecified atom stereocenters. The average molecular weight is 495 g/mol. The first-order valence-corrected chi connectivity index (χ1v) is 12.4. The molecule has 0 saturated carbocycles. The number of quaternary nitrogens is 1. The van der Waals surface area contributed by atoms with Crippen LogP contribution in [-0.2, 0) is 14.3 Å². The van der Waals surface area contributed by atoms with Crippen LogP contribution in [0.1, 0.15) is 35.3 Å². The summed E-state index contributed by atoms with van der Waals surface area (Å²) in [5.74, 6) is -0.939. The van der Waals surface area contributed by atoms with Crippen molar-refractivity contribution in [3.05, 3.63) is 71.3 Å². The van der Waals surface area contributed by atoms with E-state index in [9.17, 15) is 14.4 Å². The number of benzene rings is 2. The highest BCUT2D eigenvalue weighted by molar-refractivity contribution is 7.20. The second kappa shape index (κ2) is 11.8. The predicted molar refractivity (Wildman–Crippen MR) is 140 cm³/mol. The molecule has 0 spiro atoms. The van der Waals surface area contributed by atoms with Gasteiger partial charge in [0, 0.05) is 10.6 Å². The molecule has 0 saturated heterocycles. The average Bonchev–Trinajstić information content (AvgIpc) is 3.25. The van der Waals surface area contributed by atoms with E-state index in [1.165, 1.54) is 11.3 Å². The molecular formula is C27H32N3O4S+. The fraction of sp³-hybridized carbons (Fsp3) is 0.296. The molecule has 0 radical (unpaired) electrons. The Balaban J connectivity index is 1.71. The largest absolute Gasteiger partial charge is 0.462 e. The van der Waals surface area contributed by atoms with Crippen LogP contribution in [-0.4, -0.2) is 44.0 Å². The normalized spacial score (nSPS) is 12.5. The molecule has 3 aromatic rings. The molecule has 0 fully saturated rings. The smallest absolute Gasteiger partial charge is 0.341 e. The number of carbonyl (C=O) groups excluding carboxylic acids is 3. The van der Waals surface area contributed by atoms with Crippen molar-refractivity contribution in [2.45, 2.75) is 33.7 Å². The van der Waals surface area contributed by atoms with Crippen LogP contribution in [0.15, 0.2) is 54.6 Å². The first-order chi connectivity index (χ1) is 16.7. The highest BCUT2D eigenvalue weighted by Gasteiger charge is 2.27. The van der Waals surface area contributed by atoms with Gasteiger partial charge in [-0.1, -0.05) is 48.5 Å². The number of hydrogen-bond donors (Lipinski definition) is 3. The summed E-state index contributed by atoms with van der Waals surface area (Å²) in [5, 5.41) is 6.29. The summed E-state index contributed by atoms with van der Waals surface area (Å²) < 4.78 is 5.19. The summed E-state index contributed by atoms with van der Waals surface area (Å²) >= 11 is 1.32. The summed E-state index contributed by atoms with van der Waals surface area (Å²) in [6.45, 7) is 7.74. The molecule has 1 heterocycles. The van der Waals surface area contributed by atoms with Crippen LogP contribution in [0.25, 0.3) is 10.4 Å². The highest BCUT2D eigenvalue weighted by atomic mass is 32.1. The Morgan fingerprint density at radius 1 is 1.00 bits per heavy atom. The van der Waals surface area contributed by atoms with Gasteiger partial charge in [-0.05, 0) is 50.5 Å². The number of aryl methyl sites for hydroxylation is 2. The Bertz CT molecular complexity index is 1190. The number of ether oxygens (including phenoxy) is 1. The molecular weight excluding hydrogens is 462 g/mol. The molecule has 3 rings (SSSR count). The van der Waals surface area contributed by atoms with Crippen LogP contribution < -0.4 is 15.5 Å². The maximum absolute atomic E-state index is 13.1. The first-order valence-electron chi connectivity index (χ1n) is 11.6. The molecule has 0 aliphatic rings. The number of para-hydroxylation sites is 1. The summed E-state index contributed by atoms with van der Waals surface area (Å²) in [5.41, 5.74) is 4.04. The fourth-order valence-corrected chi connectivity index (χ4v) is 4.69. The molecule has 3 N–H and O–H groups in total. The van der Waals surface area contributed by atoms with Gasteiger partial charge in [0.1, 0.15) is 5.00 Å². The van der Waals surface area contributed by atoms with Gasteiger partial charge in [-0.25, -0.2) is 4.79 Å². The number of amides is 2. The van der Waals surface area contributed by atoms with Crippen molar-refractivity contribution in [2.24, 2.45) is 0 Å². The maximum Gasteiger partial charge on any atom is 0.341 e. The van der Waals surface area contributed by atoms with Crippen molar-refractivity contribution in [1.29, 1.82) is 0 Å². The topological polar surface area (TPSA) is 88.9 Å². The Kier molecular flexibility index (Phi) is 8.78. The third-order valence-electron chi connectivity index (χ3n) is 5.84. The number of carbonyl (C=O) groups is 3. The van der Waals surface area contributed by atoms with Gasteiger partial charge in [-0.15, -0.1) is 11.3 Å². The molecule has 2 aromatic carbocycles. The van der Waals surface area contributed by atoms with Gasteiger partial charge in [0.25, 0.3) is 11.8 Å². The number of thiophene rings is 1. The van der Waals surface area contributed by atoms with Crippen LogP contribution in [0.5, 0.6) is 0 Å². The minimum Gasteiger partial charge on any atom is -0.462 e. The number of hydrogen-bond acceptors (Lipinski definition) is 5. The van der Waals surface area contributed by atoms with E-state index in [0.717, 1.165) is 32.2 Å². The Hall–Kier alpha value is -3.49. The van der Waals surface area contributed by atoms with E-state index in [-0.39, 0.29) is 25.0 Å². The predicted octanol–water partition coefficient (Wildman–Crippen LogP) is 3.69. The van der Waals surface area contributed by atoms with Gasteiger partial charge >= 0.3 is 5.97 Å². The lowest BCUT2D eigenvalue weighted by Gasteiger charge is -2.21. The quantitative estimate of drug-likeness (QED) is 0.396. The molecule has 2 atom stereocenters. The van der Waals surface area contributed by atoms with E-state index in [2.05, 4.69) is 10.6 Å². The lowest BCUT2D eigenvalue weighted by Crippen LogP contribution is -3.14. The van der Waals surface area contributed by atoms with E-state index in [1.807, 2.05) is 62.4 Å². The highest BCUT2D eigenvalue weighted by Crippen LogP contribution is 2.36. The van der Waals surface area contributed by atoms with E-state index in [1.54, 1.807) is 27.0 Å². The maximum atomic E-state index is 13.1. The van der Waals surface area contributed by atoms with Crippen molar-refractivity contribution in [3.63, 3.8) is 0 Å². The summed E-state index contributed by atoms with van der Waals surface area (Å²) in [4.78, 5) is 39.9. The molecule has 184 valence electrons. The van der Waals surface area contributed by atoms with Crippen LogP contribution >= 0.6 is 11.3 Å². The van der Waals surface area contributed by atoms with Gasteiger partial charge < -0.3 is 20.3 Å². The summed E-state index contributed by atoms with van der Waals surface area (Å²) in [6, 6.07) is 16.7. The van der Waals surface area contributed by atoms with E-state index in [0.29, 0.717) is 10.6 Å². The first kappa shape index (κ1) is 26.1. The molecule has 0 bridgehead atoms. The van der Waals surface area contributed by atoms with E-state index < -0.39 is 12.0 Å². The molecule has 35 heavy (non-hydrogen) atoms. The van der Waals surface area contributed by atoms with Crippen molar-refractivity contribution in [3.8, 4) is 10.4 Å². The van der Waals surface area contributed by atoms with Crippen molar-refractivity contribution >= 4 is 39.8 Å². The minimum atomic E-state index is -0.531. The Morgan fingerprint density at radius 2 is 1.66 bits per heavy atom. The molecule has 7 nitrogen and oxygen atoms in total.